The number of hydrogen-bond acceptors (Lipinski definition) is 3. The third kappa shape index (κ3) is 6.60. The van der Waals surface area contributed by atoms with Gasteiger partial charge >= 0.3 is 0 Å². The number of halogens is 3. The van der Waals surface area contributed by atoms with Crippen LogP contribution in [0.25, 0.3) is 0 Å². The van der Waals surface area contributed by atoms with E-state index >= 15 is 0 Å². The van der Waals surface area contributed by atoms with E-state index in [9.17, 15) is 4.79 Å². The molecule has 0 fully saturated rings. The third-order valence-corrected chi connectivity index (χ3v) is 4.57. The van der Waals surface area contributed by atoms with Crippen LogP contribution < -0.4 is 15.4 Å². The van der Waals surface area contributed by atoms with Crippen molar-refractivity contribution >= 4 is 52.1 Å². The maximum absolute atomic E-state index is 12.1. The average molecular weight is 416 g/mol. The molecule has 0 aliphatic carbocycles. The molecule has 2 aromatic rings. The van der Waals surface area contributed by atoms with Crippen LogP contribution in [0.5, 0.6) is 5.75 Å². The van der Waals surface area contributed by atoms with Crippen LogP contribution in [0.15, 0.2) is 36.4 Å². The van der Waals surface area contributed by atoms with Gasteiger partial charge < -0.3 is 15.4 Å². The van der Waals surface area contributed by atoms with Gasteiger partial charge in [-0.1, -0.05) is 54.7 Å². The quantitative estimate of drug-likeness (QED) is 0.510. The number of rotatable bonds is 8. The van der Waals surface area contributed by atoms with Crippen LogP contribution in [-0.2, 0) is 4.79 Å². The molecule has 1 amide bonds. The molecule has 0 aliphatic heterocycles. The van der Waals surface area contributed by atoms with Gasteiger partial charge in [0.2, 0.25) is 5.91 Å². The first kappa shape index (κ1) is 20.7. The van der Waals surface area contributed by atoms with Gasteiger partial charge in [-0.15, -0.1) is 0 Å². The normalized spacial score (nSPS) is 10.7. The first-order chi connectivity index (χ1) is 12.3. The Bertz CT molecular complexity index is 766. The van der Waals surface area contributed by atoms with E-state index < -0.39 is 0 Å². The van der Waals surface area contributed by atoms with Crippen molar-refractivity contribution in [3.05, 3.63) is 51.5 Å². The summed E-state index contributed by atoms with van der Waals surface area (Å²) in [4.78, 5) is 12.1. The summed E-state index contributed by atoms with van der Waals surface area (Å²) in [5.41, 5.74) is 1.21. The summed E-state index contributed by atoms with van der Waals surface area (Å²) >= 11 is 17.9. The Labute approximate surface area is 168 Å². The van der Waals surface area contributed by atoms with Crippen LogP contribution in [0.3, 0.4) is 0 Å². The summed E-state index contributed by atoms with van der Waals surface area (Å²) in [7, 11) is 0. The van der Waals surface area contributed by atoms with E-state index in [-0.39, 0.29) is 12.5 Å². The Morgan fingerprint density at radius 1 is 1.08 bits per heavy atom. The molecule has 2 aromatic carbocycles. The molecule has 0 saturated heterocycles. The molecule has 26 heavy (non-hydrogen) atoms. The van der Waals surface area contributed by atoms with Gasteiger partial charge in [-0.3, -0.25) is 4.79 Å². The number of anilines is 2. The zero-order valence-electron chi connectivity index (χ0n) is 14.6. The molecule has 2 rings (SSSR count). The monoisotopic (exact) mass is 414 g/mol. The number of benzene rings is 2. The zero-order chi connectivity index (χ0) is 19.1. The Hall–Kier alpha value is -1.62. The van der Waals surface area contributed by atoms with E-state index in [0.29, 0.717) is 39.0 Å². The van der Waals surface area contributed by atoms with Crippen molar-refractivity contribution in [2.24, 2.45) is 5.92 Å². The van der Waals surface area contributed by atoms with Crippen molar-refractivity contribution in [2.75, 3.05) is 23.8 Å². The maximum atomic E-state index is 12.1. The fourth-order valence-corrected chi connectivity index (χ4v) is 2.73. The van der Waals surface area contributed by atoms with Crippen molar-refractivity contribution in [1.29, 1.82) is 0 Å². The van der Waals surface area contributed by atoms with E-state index in [2.05, 4.69) is 24.5 Å². The number of carbonyl (C=O) groups excluding carboxylic acids is 1. The second-order valence-electron chi connectivity index (χ2n) is 6.21. The highest BCUT2D eigenvalue weighted by atomic mass is 35.5. The first-order valence-electron chi connectivity index (χ1n) is 8.26. The van der Waals surface area contributed by atoms with E-state index in [0.717, 1.165) is 12.2 Å². The summed E-state index contributed by atoms with van der Waals surface area (Å²) in [5, 5.41) is 6.88. The van der Waals surface area contributed by atoms with Gasteiger partial charge in [0.15, 0.2) is 0 Å². The highest BCUT2D eigenvalue weighted by Gasteiger charge is 2.08. The van der Waals surface area contributed by atoms with Gasteiger partial charge in [-0.25, -0.2) is 0 Å². The molecule has 0 spiro atoms. The maximum Gasteiger partial charge on any atom is 0.243 e. The lowest BCUT2D eigenvalue weighted by atomic mass is 10.1. The minimum Gasteiger partial charge on any atom is -0.494 e. The minimum absolute atomic E-state index is 0.0378. The Kier molecular flexibility index (Phi) is 7.88. The summed E-state index contributed by atoms with van der Waals surface area (Å²) < 4.78 is 5.70. The van der Waals surface area contributed by atoms with Gasteiger partial charge in [0.1, 0.15) is 5.75 Å². The molecule has 140 valence electrons. The Morgan fingerprint density at radius 2 is 1.81 bits per heavy atom. The molecule has 2 N–H and O–H groups in total. The van der Waals surface area contributed by atoms with E-state index in [1.54, 1.807) is 18.2 Å². The number of hydrogen-bond donors (Lipinski definition) is 2. The molecule has 0 heterocycles. The predicted octanol–water partition coefficient (Wildman–Crippen LogP) is 6.12. The molecule has 0 radical (unpaired) electrons. The lowest BCUT2D eigenvalue weighted by molar-refractivity contribution is -0.114. The summed E-state index contributed by atoms with van der Waals surface area (Å²) in [5.74, 6) is 1.09. The fourth-order valence-electron chi connectivity index (χ4n) is 2.11. The molecule has 0 atom stereocenters. The number of carbonyl (C=O) groups is 1. The van der Waals surface area contributed by atoms with E-state index in [1.165, 1.54) is 6.07 Å². The Balaban J connectivity index is 1.89. The van der Waals surface area contributed by atoms with Crippen LogP contribution in [0, 0.1) is 5.92 Å². The zero-order valence-corrected chi connectivity index (χ0v) is 16.9. The molecule has 4 nitrogen and oxygen atoms in total. The number of amides is 1. The number of nitrogens with one attached hydrogen (secondary N) is 2. The second-order valence-corrected chi connectivity index (χ2v) is 7.43. The first-order valence-corrected chi connectivity index (χ1v) is 9.39. The SMILES string of the molecule is CC(C)CCOc1cccc(NC(=O)CNc2cc(Cl)c(Cl)cc2Cl)c1. The topological polar surface area (TPSA) is 50.4 Å². The largest absolute Gasteiger partial charge is 0.494 e. The van der Waals surface area contributed by atoms with Gasteiger partial charge in [0.25, 0.3) is 0 Å². The molecule has 0 bridgehead atoms. The van der Waals surface area contributed by atoms with Crippen molar-refractivity contribution in [3.8, 4) is 5.75 Å². The fraction of sp³-hybridized carbons (Fsp3) is 0.316. The highest BCUT2D eigenvalue weighted by molar-refractivity contribution is 6.44. The molecule has 0 unspecified atom stereocenters. The van der Waals surface area contributed by atoms with Crippen LogP contribution >= 0.6 is 34.8 Å². The summed E-state index contributed by atoms with van der Waals surface area (Å²) in [6, 6.07) is 10.4. The van der Waals surface area contributed by atoms with Crippen molar-refractivity contribution in [3.63, 3.8) is 0 Å². The standard InChI is InChI=1S/C19H21Cl3N2O2/c1-12(2)6-7-26-14-5-3-4-13(8-14)24-19(25)11-23-18-10-16(21)15(20)9-17(18)22/h3-5,8-10,12,23H,6-7,11H2,1-2H3,(H,24,25). The van der Waals surface area contributed by atoms with Crippen LogP contribution in [-0.4, -0.2) is 19.1 Å². The van der Waals surface area contributed by atoms with Crippen LogP contribution in [0.4, 0.5) is 11.4 Å². The van der Waals surface area contributed by atoms with Gasteiger partial charge in [-0.2, -0.15) is 0 Å². The van der Waals surface area contributed by atoms with Crippen LogP contribution in [0.1, 0.15) is 20.3 Å². The third-order valence-electron chi connectivity index (χ3n) is 3.53. The summed E-state index contributed by atoms with van der Waals surface area (Å²) in [6.07, 6.45) is 0.977. The van der Waals surface area contributed by atoms with Crippen molar-refractivity contribution < 1.29 is 9.53 Å². The lowest BCUT2D eigenvalue weighted by Gasteiger charge is -2.12. The smallest absolute Gasteiger partial charge is 0.243 e. The van der Waals surface area contributed by atoms with Gasteiger partial charge in [-0.05, 0) is 36.6 Å². The van der Waals surface area contributed by atoms with E-state index in [1.807, 2.05) is 12.1 Å². The summed E-state index contributed by atoms with van der Waals surface area (Å²) in [6.45, 7) is 4.98. The molecule has 0 aliphatic rings. The van der Waals surface area contributed by atoms with E-state index in [4.69, 9.17) is 39.5 Å². The minimum atomic E-state index is -0.216. The van der Waals surface area contributed by atoms with Gasteiger partial charge in [0, 0.05) is 11.8 Å². The predicted molar refractivity (Wildman–Crippen MR) is 110 cm³/mol. The van der Waals surface area contributed by atoms with Crippen molar-refractivity contribution in [1.82, 2.24) is 0 Å². The Morgan fingerprint density at radius 3 is 2.54 bits per heavy atom. The molecular formula is C19H21Cl3N2O2. The van der Waals surface area contributed by atoms with Gasteiger partial charge in [0.05, 0.1) is 33.9 Å². The lowest BCUT2D eigenvalue weighted by Crippen LogP contribution is -2.21. The van der Waals surface area contributed by atoms with Crippen molar-refractivity contribution in [2.45, 2.75) is 20.3 Å². The molecule has 7 heteroatoms. The number of ether oxygens (including phenoxy) is 1. The molecule has 0 aromatic heterocycles. The highest BCUT2D eigenvalue weighted by Crippen LogP contribution is 2.32. The average Bonchev–Trinajstić information content (AvgIpc) is 2.57. The molecule has 0 saturated carbocycles. The molecular weight excluding hydrogens is 395 g/mol. The second kappa shape index (κ2) is 9.91. The van der Waals surface area contributed by atoms with Crippen LogP contribution in [0.2, 0.25) is 15.1 Å².